The number of methoxy groups -OCH3 is 1. The molecule has 5 saturated carbocycles. The topological polar surface area (TPSA) is 46.5 Å². The lowest BCUT2D eigenvalue weighted by molar-refractivity contribution is -0.208. The van der Waals surface area contributed by atoms with Crippen LogP contribution in [-0.4, -0.2) is 24.8 Å². The van der Waals surface area contributed by atoms with Crippen LogP contribution in [-0.2, 0) is 9.53 Å². The van der Waals surface area contributed by atoms with Crippen LogP contribution in [0.15, 0.2) is 0 Å². The van der Waals surface area contributed by atoms with Crippen molar-refractivity contribution in [3.05, 3.63) is 0 Å². The van der Waals surface area contributed by atoms with Gasteiger partial charge in [-0.3, -0.25) is 4.79 Å². The van der Waals surface area contributed by atoms with Crippen LogP contribution in [0.5, 0.6) is 0 Å². The number of aliphatic hydroxyl groups is 1. The van der Waals surface area contributed by atoms with Gasteiger partial charge in [0.15, 0.2) is 0 Å². The molecule has 1 unspecified atom stereocenters. The Labute approximate surface area is 146 Å². The molecule has 1 spiro atoms. The van der Waals surface area contributed by atoms with Crippen LogP contribution in [0.4, 0.5) is 0 Å². The maximum Gasteiger partial charge on any atom is 0.311 e. The van der Waals surface area contributed by atoms with Crippen molar-refractivity contribution in [1.29, 1.82) is 0 Å². The molecule has 7 atom stereocenters. The van der Waals surface area contributed by atoms with Crippen molar-refractivity contribution in [3.8, 4) is 0 Å². The maximum atomic E-state index is 12.6. The summed E-state index contributed by atoms with van der Waals surface area (Å²) in [4.78, 5) is 12.6. The lowest BCUT2D eigenvalue weighted by atomic mass is 9.36. The minimum atomic E-state index is -0.295. The molecule has 5 aliphatic carbocycles. The molecular formula is C21H34O3. The fourth-order valence-corrected chi connectivity index (χ4v) is 8.15. The molecule has 0 amide bonds. The summed E-state index contributed by atoms with van der Waals surface area (Å²) in [6.07, 6.45) is 11.0. The zero-order valence-corrected chi connectivity index (χ0v) is 15.6. The second-order valence-corrected chi connectivity index (χ2v) is 9.96. The molecule has 3 heteroatoms. The molecule has 24 heavy (non-hydrogen) atoms. The van der Waals surface area contributed by atoms with Gasteiger partial charge in [-0.2, -0.15) is 0 Å². The van der Waals surface area contributed by atoms with Crippen LogP contribution in [0.25, 0.3) is 0 Å². The first kappa shape index (κ1) is 16.9. The van der Waals surface area contributed by atoms with Crippen LogP contribution in [0.3, 0.4) is 0 Å². The summed E-state index contributed by atoms with van der Waals surface area (Å²) < 4.78 is 5.25. The highest BCUT2D eigenvalue weighted by atomic mass is 16.5. The molecule has 0 aromatic heterocycles. The molecule has 136 valence electrons. The van der Waals surface area contributed by atoms with E-state index in [1.54, 1.807) is 7.11 Å². The summed E-state index contributed by atoms with van der Waals surface area (Å²) in [5.74, 6) is 2.47. The van der Waals surface area contributed by atoms with Gasteiger partial charge in [-0.25, -0.2) is 0 Å². The number of hydrogen-bond donors (Lipinski definition) is 1. The maximum absolute atomic E-state index is 12.6. The summed E-state index contributed by atoms with van der Waals surface area (Å²) in [6, 6.07) is 0. The summed E-state index contributed by atoms with van der Waals surface area (Å²) >= 11 is 0. The molecule has 1 N–H and O–H groups in total. The van der Waals surface area contributed by atoms with Crippen molar-refractivity contribution in [2.75, 3.05) is 13.7 Å². The molecular weight excluding hydrogens is 300 g/mol. The van der Waals surface area contributed by atoms with Crippen LogP contribution >= 0.6 is 0 Å². The van der Waals surface area contributed by atoms with Crippen molar-refractivity contribution in [1.82, 2.24) is 0 Å². The highest BCUT2D eigenvalue weighted by Gasteiger charge is 2.65. The highest BCUT2D eigenvalue weighted by Crippen LogP contribution is 2.72. The van der Waals surface area contributed by atoms with Gasteiger partial charge in [0.2, 0.25) is 0 Å². The summed E-state index contributed by atoms with van der Waals surface area (Å²) in [6.45, 7) is 5.05. The van der Waals surface area contributed by atoms with Crippen molar-refractivity contribution in [2.45, 2.75) is 71.6 Å². The summed E-state index contributed by atoms with van der Waals surface area (Å²) in [5.41, 5.74) is 0.427. The lowest BCUT2D eigenvalue weighted by Crippen LogP contribution is -2.62. The average Bonchev–Trinajstić information content (AvgIpc) is 2.60. The molecule has 5 aliphatic rings. The van der Waals surface area contributed by atoms with Gasteiger partial charge < -0.3 is 9.84 Å². The van der Waals surface area contributed by atoms with Crippen LogP contribution in [0, 0.1) is 39.9 Å². The molecule has 3 nitrogen and oxygen atoms in total. The first-order valence-electron chi connectivity index (χ1n) is 10.1. The fraction of sp³-hybridized carbons (Fsp3) is 0.952. The van der Waals surface area contributed by atoms with Gasteiger partial charge >= 0.3 is 5.97 Å². The first-order valence-corrected chi connectivity index (χ1v) is 10.1. The van der Waals surface area contributed by atoms with E-state index < -0.39 is 0 Å². The SMILES string of the molecule is COC(=O)[C@]1(C)CCC[C@@]2(C)[C@@H]3C[C@H]4CC[C@@]3(CC[C@@H]21)CC4CO. The van der Waals surface area contributed by atoms with Crippen LogP contribution in [0.2, 0.25) is 0 Å². The molecule has 2 bridgehead atoms. The molecule has 0 aromatic rings. The van der Waals surface area contributed by atoms with E-state index in [1.807, 2.05) is 0 Å². The third-order valence-corrected chi connectivity index (χ3v) is 9.22. The van der Waals surface area contributed by atoms with E-state index in [1.165, 1.54) is 44.9 Å². The Hall–Kier alpha value is -0.570. The second kappa shape index (κ2) is 5.46. The molecule has 5 fully saturated rings. The Morgan fingerprint density at radius 1 is 1.12 bits per heavy atom. The summed E-state index contributed by atoms with van der Waals surface area (Å²) in [7, 11) is 1.55. The minimum Gasteiger partial charge on any atom is -0.469 e. The van der Waals surface area contributed by atoms with Gasteiger partial charge in [0.05, 0.1) is 12.5 Å². The quantitative estimate of drug-likeness (QED) is 0.771. The van der Waals surface area contributed by atoms with Crippen molar-refractivity contribution in [2.24, 2.45) is 39.9 Å². The largest absolute Gasteiger partial charge is 0.469 e. The predicted molar refractivity (Wildman–Crippen MR) is 93.3 cm³/mol. The van der Waals surface area contributed by atoms with Crippen LogP contribution in [0.1, 0.15) is 71.6 Å². The number of hydrogen-bond acceptors (Lipinski definition) is 3. The number of aliphatic hydroxyl groups excluding tert-OH is 1. The fourth-order valence-electron chi connectivity index (χ4n) is 8.15. The van der Waals surface area contributed by atoms with Gasteiger partial charge in [0.25, 0.3) is 0 Å². The Morgan fingerprint density at radius 3 is 2.58 bits per heavy atom. The Bertz CT molecular complexity index is 531. The van der Waals surface area contributed by atoms with Gasteiger partial charge in [0.1, 0.15) is 0 Å². The molecule has 0 heterocycles. The smallest absolute Gasteiger partial charge is 0.311 e. The van der Waals surface area contributed by atoms with Gasteiger partial charge in [-0.1, -0.05) is 13.3 Å². The Kier molecular flexibility index (Phi) is 3.84. The van der Waals surface area contributed by atoms with Crippen molar-refractivity contribution >= 4 is 5.97 Å². The third kappa shape index (κ3) is 2.03. The van der Waals surface area contributed by atoms with Gasteiger partial charge in [-0.15, -0.1) is 0 Å². The second-order valence-electron chi connectivity index (χ2n) is 9.96. The number of esters is 1. The first-order chi connectivity index (χ1) is 11.4. The average molecular weight is 335 g/mol. The predicted octanol–water partition coefficient (Wildman–Crippen LogP) is 4.18. The van der Waals surface area contributed by atoms with Gasteiger partial charge in [0, 0.05) is 6.61 Å². The molecule has 0 aromatic carbocycles. The van der Waals surface area contributed by atoms with Crippen molar-refractivity contribution in [3.63, 3.8) is 0 Å². The van der Waals surface area contributed by atoms with E-state index in [-0.39, 0.29) is 16.8 Å². The zero-order valence-electron chi connectivity index (χ0n) is 15.6. The normalized spacial score (nSPS) is 53.2. The third-order valence-electron chi connectivity index (χ3n) is 9.22. The number of carbonyl (C=O) groups excluding carboxylic acids is 1. The number of fused-ring (bicyclic) bond motifs is 3. The molecule has 5 rings (SSSR count). The lowest BCUT2D eigenvalue weighted by Gasteiger charge is -2.68. The Balaban J connectivity index is 1.70. The van der Waals surface area contributed by atoms with E-state index in [9.17, 15) is 9.90 Å². The standard InChI is InChI=1S/C21H34O3/c1-19-7-4-8-20(2,18(23)24-3)16(19)6-10-21-9-5-14(11-17(19)21)15(12-21)13-22/h14-17,22H,4-13H2,1-3H3/t14-,15?,16+,17+,19-,20-,21-/m1/s1. The number of ether oxygens (including phenoxy) is 1. The molecule has 0 radical (unpaired) electrons. The van der Waals surface area contributed by atoms with E-state index in [2.05, 4.69) is 13.8 Å². The van der Waals surface area contributed by atoms with E-state index in [0.717, 1.165) is 18.8 Å². The van der Waals surface area contributed by atoms with E-state index >= 15 is 0 Å². The van der Waals surface area contributed by atoms with Gasteiger partial charge in [-0.05, 0) is 92.8 Å². The number of carbonyl (C=O) groups is 1. The minimum absolute atomic E-state index is 0.0172. The van der Waals surface area contributed by atoms with Crippen LogP contribution < -0.4 is 0 Å². The zero-order chi connectivity index (χ0) is 17.2. The monoisotopic (exact) mass is 334 g/mol. The molecule has 0 saturated heterocycles. The highest BCUT2D eigenvalue weighted by molar-refractivity contribution is 5.77. The summed E-state index contributed by atoms with van der Waals surface area (Å²) in [5, 5.41) is 9.82. The van der Waals surface area contributed by atoms with Crippen molar-refractivity contribution < 1.29 is 14.6 Å². The van der Waals surface area contributed by atoms with E-state index in [0.29, 0.717) is 29.8 Å². The Morgan fingerprint density at radius 2 is 1.88 bits per heavy atom. The number of rotatable bonds is 2. The van der Waals surface area contributed by atoms with E-state index in [4.69, 9.17) is 4.74 Å². The molecule has 0 aliphatic heterocycles.